The molecule has 27 heavy (non-hydrogen) atoms. The standard InChI is InChI=1S/C22H33NO4/c1-13(23(8)9)17(20(26)27-10)18(24)14-11-15(21(2,3)4)19(25)16(12-14)22(5,6)7/h11-12,25H,1-10H3/b17-13-. The van der Waals surface area contributed by atoms with Crippen LogP contribution in [0.2, 0.25) is 0 Å². The molecular formula is C22H33NO4. The maximum Gasteiger partial charge on any atom is 0.343 e. The highest BCUT2D eigenvalue weighted by molar-refractivity contribution is 6.24. The average Bonchev–Trinajstić information content (AvgIpc) is 2.52. The summed E-state index contributed by atoms with van der Waals surface area (Å²) >= 11 is 0. The van der Waals surface area contributed by atoms with Gasteiger partial charge in [-0.15, -0.1) is 0 Å². The number of nitrogens with zero attached hydrogens (tertiary/aromatic N) is 1. The van der Waals surface area contributed by atoms with Crippen LogP contribution in [0.1, 0.15) is 70.0 Å². The zero-order valence-corrected chi connectivity index (χ0v) is 18.3. The van der Waals surface area contributed by atoms with Gasteiger partial charge in [-0.25, -0.2) is 4.79 Å². The Morgan fingerprint density at radius 2 is 1.37 bits per heavy atom. The number of esters is 1. The molecular weight excluding hydrogens is 342 g/mol. The van der Waals surface area contributed by atoms with E-state index < -0.39 is 11.8 Å². The number of carbonyl (C=O) groups is 2. The van der Waals surface area contributed by atoms with Crippen molar-refractivity contribution in [3.63, 3.8) is 0 Å². The Hall–Kier alpha value is -2.30. The lowest BCUT2D eigenvalue weighted by Crippen LogP contribution is -2.24. The third kappa shape index (κ3) is 4.90. The van der Waals surface area contributed by atoms with Gasteiger partial charge in [-0.1, -0.05) is 41.5 Å². The van der Waals surface area contributed by atoms with Crippen LogP contribution in [0, 0.1) is 0 Å². The molecule has 1 rings (SSSR count). The van der Waals surface area contributed by atoms with Crippen LogP contribution >= 0.6 is 0 Å². The van der Waals surface area contributed by atoms with Crippen molar-refractivity contribution in [2.45, 2.75) is 59.3 Å². The molecule has 0 bridgehead atoms. The van der Waals surface area contributed by atoms with Gasteiger partial charge in [0.2, 0.25) is 5.78 Å². The van der Waals surface area contributed by atoms with Crippen molar-refractivity contribution in [2.75, 3.05) is 21.2 Å². The molecule has 1 aromatic carbocycles. The molecule has 0 saturated carbocycles. The summed E-state index contributed by atoms with van der Waals surface area (Å²) < 4.78 is 4.85. The Morgan fingerprint density at radius 3 is 1.67 bits per heavy atom. The number of phenolic OH excluding ortho intramolecular Hbond substituents is 1. The minimum atomic E-state index is -0.672. The van der Waals surface area contributed by atoms with E-state index in [1.54, 1.807) is 38.1 Å². The number of rotatable bonds is 4. The number of ketones is 1. The van der Waals surface area contributed by atoms with E-state index in [0.29, 0.717) is 22.4 Å². The SMILES string of the molecule is COC(=O)/C(C(=O)c1cc(C(C)(C)C)c(O)c(C(C)(C)C)c1)=C(/C)N(C)C. The Labute approximate surface area is 163 Å². The van der Waals surface area contributed by atoms with E-state index in [2.05, 4.69) is 0 Å². The van der Waals surface area contributed by atoms with E-state index in [9.17, 15) is 14.7 Å². The van der Waals surface area contributed by atoms with E-state index in [0.717, 1.165) is 0 Å². The summed E-state index contributed by atoms with van der Waals surface area (Å²) in [5, 5.41) is 10.8. The van der Waals surface area contributed by atoms with Crippen LogP contribution in [-0.4, -0.2) is 43.0 Å². The lowest BCUT2D eigenvalue weighted by Gasteiger charge is -2.28. The van der Waals surface area contributed by atoms with Gasteiger partial charge in [-0.2, -0.15) is 0 Å². The summed E-state index contributed by atoms with van der Waals surface area (Å²) in [4.78, 5) is 27.3. The van der Waals surface area contributed by atoms with Crippen molar-refractivity contribution < 1.29 is 19.4 Å². The Bertz CT molecular complexity index is 739. The molecule has 150 valence electrons. The lowest BCUT2D eigenvalue weighted by molar-refractivity contribution is -0.135. The summed E-state index contributed by atoms with van der Waals surface area (Å²) in [6.07, 6.45) is 0. The first kappa shape index (κ1) is 22.7. The van der Waals surface area contributed by atoms with Gasteiger partial charge in [0.05, 0.1) is 7.11 Å². The second-order valence-electron chi connectivity index (χ2n) is 9.10. The van der Waals surface area contributed by atoms with Crippen molar-refractivity contribution in [2.24, 2.45) is 0 Å². The first-order valence-electron chi connectivity index (χ1n) is 9.02. The second-order valence-corrected chi connectivity index (χ2v) is 9.10. The third-order valence-electron chi connectivity index (χ3n) is 4.64. The zero-order valence-electron chi connectivity index (χ0n) is 18.3. The quantitative estimate of drug-likeness (QED) is 0.281. The molecule has 0 saturated heterocycles. The van der Waals surface area contributed by atoms with Gasteiger partial charge in [-0.05, 0) is 29.9 Å². The van der Waals surface area contributed by atoms with E-state index in [1.165, 1.54) is 7.11 Å². The predicted molar refractivity (Wildman–Crippen MR) is 108 cm³/mol. The minimum Gasteiger partial charge on any atom is -0.507 e. The minimum absolute atomic E-state index is 0.00657. The number of methoxy groups -OCH3 is 1. The monoisotopic (exact) mass is 375 g/mol. The molecule has 5 heteroatoms. The van der Waals surface area contributed by atoms with E-state index >= 15 is 0 Å². The highest BCUT2D eigenvalue weighted by atomic mass is 16.5. The number of ether oxygens (including phenoxy) is 1. The Kier molecular flexibility index (Phi) is 6.53. The first-order valence-corrected chi connectivity index (χ1v) is 9.02. The highest BCUT2D eigenvalue weighted by Crippen LogP contribution is 2.40. The maximum atomic E-state index is 13.3. The fourth-order valence-corrected chi connectivity index (χ4v) is 2.78. The normalized spacial score (nSPS) is 13.1. The molecule has 5 nitrogen and oxygen atoms in total. The van der Waals surface area contributed by atoms with Crippen molar-refractivity contribution in [3.8, 4) is 5.75 Å². The Balaban J connectivity index is 3.82. The molecule has 1 aromatic rings. The molecule has 0 amide bonds. The molecule has 0 heterocycles. The second kappa shape index (κ2) is 7.75. The largest absolute Gasteiger partial charge is 0.507 e. The molecule has 0 aliphatic carbocycles. The topological polar surface area (TPSA) is 66.8 Å². The van der Waals surface area contributed by atoms with E-state index in [-0.39, 0.29) is 22.2 Å². The number of hydrogen-bond donors (Lipinski definition) is 1. The van der Waals surface area contributed by atoms with Crippen molar-refractivity contribution in [1.29, 1.82) is 0 Å². The molecule has 0 radical (unpaired) electrons. The molecule has 0 fully saturated rings. The van der Waals surface area contributed by atoms with Crippen LogP contribution in [0.3, 0.4) is 0 Å². The van der Waals surface area contributed by atoms with Gasteiger partial charge < -0.3 is 14.7 Å². The van der Waals surface area contributed by atoms with Gasteiger partial charge in [0.25, 0.3) is 0 Å². The smallest absolute Gasteiger partial charge is 0.343 e. The van der Waals surface area contributed by atoms with Crippen LogP contribution in [0.25, 0.3) is 0 Å². The van der Waals surface area contributed by atoms with Crippen LogP contribution in [0.15, 0.2) is 23.4 Å². The summed E-state index contributed by atoms with van der Waals surface area (Å²) in [5.41, 5.74) is 1.49. The number of carbonyl (C=O) groups excluding carboxylic acids is 2. The number of phenols is 1. The summed E-state index contributed by atoms with van der Waals surface area (Å²) in [5.74, 6) is -0.891. The van der Waals surface area contributed by atoms with Crippen molar-refractivity contribution in [3.05, 3.63) is 40.1 Å². The number of hydrogen-bond acceptors (Lipinski definition) is 5. The highest BCUT2D eigenvalue weighted by Gasteiger charge is 2.31. The van der Waals surface area contributed by atoms with Gasteiger partial charge in [0, 0.05) is 36.5 Å². The molecule has 0 aliphatic heterocycles. The number of allylic oxidation sites excluding steroid dienone is 1. The zero-order chi connectivity index (χ0) is 21.3. The third-order valence-corrected chi connectivity index (χ3v) is 4.64. The fraction of sp³-hybridized carbons (Fsp3) is 0.545. The first-order chi connectivity index (χ1) is 12.1. The predicted octanol–water partition coefficient (Wildman–Crippen LogP) is 4.18. The van der Waals surface area contributed by atoms with Crippen LogP contribution in [0.4, 0.5) is 0 Å². The van der Waals surface area contributed by atoms with Crippen LogP contribution in [0.5, 0.6) is 5.75 Å². The number of aromatic hydroxyl groups is 1. The van der Waals surface area contributed by atoms with E-state index in [4.69, 9.17) is 4.74 Å². The molecule has 0 aliphatic rings. The van der Waals surface area contributed by atoms with Crippen molar-refractivity contribution in [1.82, 2.24) is 4.90 Å². The molecule has 0 spiro atoms. The fourth-order valence-electron chi connectivity index (χ4n) is 2.78. The van der Waals surface area contributed by atoms with Crippen LogP contribution in [-0.2, 0) is 20.4 Å². The molecule has 0 atom stereocenters. The van der Waals surface area contributed by atoms with Crippen molar-refractivity contribution >= 4 is 11.8 Å². The summed E-state index contributed by atoms with van der Waals surface area (Å²) in [7, 11) is 4.80. The number of benzene rings is 1. The van der Waals surface area contributed by atoms with Crippen LogP contribution < -0.4 is 0 Å². The van der Waals surface area contributed by atoms with E-state index in [1.807, 2.05) is 41.5 Å². The Morgan fingerprint density at radius 1 is 0.963 bits per heavy atom. The van der Waals surface area contributed by atoms with Gasteiger partial charge in [-0.3, -0.25) is 4.79 Å². The van der Waals surface area contributed by atoms with Gasteiger partial charge in [0.1, 0.15) is 11.3 Å². The average molecular weight is 376 g/mol. The van der Waals surface area contributed by atoms with Gasteiger partial charge in [0.15, 0.2) is 0 Å². The molecule has 0 aromatic heterocycles. The number of Topliss-reactive ketones (excluding diaryl/α,β-unsaturated/α-hetero) is 1. The maximum absolute atomic E-state index is 13.3. The van der Waals surface area contributed by atoms with Gasteiger partial charge >= 0.3 is 5.97 Å². The summed E-state index contributed by atoms with van der Waals surface area (Å²) in [6, 6.07) is 3.36. The molecule has 1 N–H and O–H groups in total. The lowest BCUT2D eigenvalue weighted by atomic mass is 9.77. The summed E-state index contributed by atoms with van der Waals surface area (Å²) in [6.45, 7) is 13.6. The molecule has 0 unspecified atom stereocenters.